The molecule has 0 heterocycles. The summed E-state index contributed by atoms with van der Waals surface area (Å²) in [6.45, 7) is -0.321. The van der Waals surface area contributed by atoms with E-state index in [1.54, 1.807) is 0 Å². The van der Waals surface area contributed by atoms with Gasteiger partial charge in [0.1, 0.15) is 11.9 Å². The van der Waals surface area contributed by atoms with Crippen molar-refractivity contribution in [2.45, 2.75) is 12.5 Å². The van der Waals surface area contributed by atoms with E-state index in [0.717, 1.165) is 17.7 Å². The van der Waals surface area contributed by atoms with Crippen LogP contribution in [0.5, 0.6) is 0 Å². The van der Waals surface area contributed by atoms with E-state index in [-0.39, 0.29) is 18.5 Å². The number of benzene rings is 2. The van der Waals surface area contributed by atoms with Gasteiger partial charge in [0.15, 0.2) is 0 Å². The number of ether oxygens (including phenoxy) is 1. The van der Waals surface area contributed by atoms with Gasteiger partial charge in [0.2, 0.25) is 5.91 Å². The van der Waals surface area contributed by atoms with Crippen molar-refractivity contribution < 1.29 is 23.5 Å². The molecular formula is C19H19FN2O4. The van der Waals surface area contributed by atoms with Crippen LogP contribution < -0.4 is 10.6 Å². The number of nitrogens with one attached hydrogen (secondary N) is 2. The molecule has 0 saturated heterocycles. The third-order valence-electron chi connectivity index (χ3n) is 3.62. The van der Waals surface area contributed by atoms with Crippen molar-refractivity contribution in [2.24, 2.45) is 0 Å². The SMILES string of the molecule is COC(=O)C(Cc1ccccc1)NC(=O)CNC(=O)c1ccc(F)cc1. The Kier molecular flexibility index (Phi) is 6.84. The van der Waals surface area contributed by atoms with Crippen LogP contribution >= 0.6 is 0 Å². The molecule has 2 N–H and O–H groups in total. The van der Waals surface area contributed by atoms with Crippen molar-refractivity contribution >= 4 is 17.8 Å². The lowest BCUT2D eigenvalue weighted by Gasteiger charge is -2.17. The fourth-order valence-electron chi connectivity index (χ4n) is 2.29. The number of esters is 1. The molecule has 2 amide bonds. The van der Waals surface area contributed by atoms with Crippen molar-refractivity contribution in [1.82, 2.24) is 10.6 Å². The summed E-state index contributed by atoms with van der Waals surface area (Å²) in [6.07, 6.45) is 0.269. The second-order valence-electron chi connectivity index (χ2n) is 5.52. The minimum Gasteiger partial charge on any atom is -0.467 e. The second kappa shape index (κ2) is 9.31. The Balaban J connectivity index is 1.91. The minimum atomic E-state index is -0.863. The van der Waals surface area contributed by atoms with Crippen LogP contribution in [0.15, 0.2) is 54.6 Å². The molecule has 2 aromatic carbocycles. The summed E-state index contributed by atoms with van der Waals surface area (Å²) >= 11 is 0. The average molecular weight is 358 g/mol. The lowest BCUT2D eigenvalue weighted by Crippen LogP contribution is -2.47. The van der Waals surface area contributed by atoms with Crippen molar-refractivity contribution in [3.8, 4) is 0 Å². The lowest BCUT2D eigenvalue weighted by molar-refractivity contribution is -0.144. The number of hydrogen-bond acceptors (Lipinski definition) is 4. The lowest BCUT2D eigenvalue weighted by atomic mass is 10.1. The number of amides is 2. The summed E-state index contributed by atoms with van der Waals surface area (Å²) in [4.78, 5) is 35.9. The van der Waals surface area contributed by atoms with E-state index in [9.17, 15) is 18.8 Å². The van der Waals surface area contributed by atoms with E-state index in [0.29, 0.717) is 0 Å². The van der Waals surface area contributed by atoms with Crippen LogP contribution in [0, 0.1) is 5.82 Å². The highest BCUT2D eigenvalue weighted by Gasteiger charge is 2.22. The number of hydrogen-bond donors (Lipinski definition) is 2. The molecule has 0 radical (unpaired) electrons. The monoisotopic (exact) mass is 358 g/mol. The molecule has 0 aromatic heterocycles. The maximum absolute atomic E-state index is 12.9. The molecule has 0 bridgehead atoms. The van der Waals surface area contributed by atoms with Gasteiger partial charge in [0.25, 0.3) is 5.91 Å². The molecule has 136 valence electrons. The van der Waals surface area contributed by atoms with Gasteiger partial charge in [0.05, 0.1) is 13.7 Å². The zero-order valence-corrected chi connectivity index (χ0v) is 14.2. The maximum atomic E-state index is 12.9. The van der Waals surface area contributed by atoms with Gasteiger partial charge in [0, 0.05) is 12.0 Å². The number of carbonyl (C=O) groups excluding carboxylic acids is 3. The van der Waals surface area contributed by atoms with Crippen LogP contribution in [-0.4, -0.2) is 37.5 Å². The Morgan fingerprint density at radius 3 is 2.31 bits per heavy atom. The zero-order valence-electron chi connectivity index (χ0n) is 14.2. The molecule has 0 saturated carbocycles. The summed E-state index contributed by atoms with van der Waals surface area (Å²) in [5.74, 6) is -2.09. The fraction of sp³-hybridized carbons (Fsp3) is 0.211. The summed E-state index contributed by atoms with van der Waals surface area (Å²) in [6, 6.07) is 13.2. The molecule has 2 rings (SSSR count). The zero-order chi connectivity index (χ0) is 18.9. The van der Waals surface area contributed by atoms with Crippen LogP contribution in [0.4, 0.5) is 4.39 Å². The molecule has 6 nitrogen and oxygen atoms in total. The number of rotatable bonds is 7. The van der Waals surface area contributed by atoms with E-state index >= 15 is 0 Å². The van der Waals surface area contributed by atoms with Crippen LogP contribution in [0.2, 0.25) is 0 Å². The number of halogens is 1. The van der Waals surface area contributed by atoms with Crippen LogP contribution in [0.25, 0.3) is 0 Å². The standard InChI is InChI=1S/C19H19FN2O4/c1-26-19(25)16(11-13-5-3-2-4-6-13)22-17(23)12-21-18(24)14-7-9-15(20)10-8-14/h2-10,16H,11-12H2,1H3,(H,21,24)(H,22,23). The Hall–Kier alpha value is -3.22. The normalized spacial score (nSPS) is 11.3. The molecular weight excluding hydrogens is 339 g/mol. The van der Waals surface area contributed by atoms with Crippen molar-refractivity contribution in [3.05, 3.63) is 71.5 Å². The van der Waals surface area contributed by atoms with Gasteiger partial charge in [-0.15, -0.1) is 0 Å². The van der Waals surface area contributed by atoms with E-state index in [1.165, 1.54) is 19.2 Å². The Morgan fingerprint density at radius 1 is 1.04 bits per heavy atom. The van der Waals surface area contributed by atoms with Gasteiger partial charge in [-0.1, -0.05) is 30.3 Å². The van der Waals surface area contributed by atoms with Gasteiger partial charge in [-0.3, -0.25) is 9.59 Å². The third kappa shape index (κ3) is 5.70. The highest BCUT2D eigenvalue weighted by molar-refractivity contribution is 5.96. The van der Waals surface area contributed by atoms with E-state index in [4.69, 9.17) is 4.74 Å². The van der Waals surface area contributed by atoms with Gasteiger partial charge < -0.3 is 15.4 Å². The first-order valence-electron chi connectivity index (χ1n) is 7.94. The quantitative estimate of drug-likeness (QED) is 0.734. The predicted octanol–water partition coefficient (Wildman–Crippen LogP) is 1.46. The summed E-state index contributed by atoms with van der Waals surface area (Å²) in [5, 5.41) is 4.96. The van der Waals surface area contributed by atoms with E-state index in [2.05, 4.69) is 10.6 Å². The van der Waals surface area contributed by atoms with Gasteiger partial charge in [-0.25, -0.2) is 9.18 Å². The Labute approximate surface area is 150 Å². The molecule has 0 spiro atoms. The van der Waals surface area contributed by atoms with Crippen molar-refractivity contribution in [3.63, 3.8) is 0 Å². The molecule has 0 aliphatic carbocycles. The second-order valence-corrected chi connectivity index (χ2v) is 5.52. The minimum absolute atomic E-state index is 0.230. The number of methoxy groups -OCH3 is 1. The number of carbonyl (C=O) groups is 3. The molecule has 1 atom stereocenters. The molecule has 0 fully saturated rings. The molecule has 0 aliphatic rings. The van der Waals surface area contributed by atoms with Crippen molar-refractivity contribution in [2.75, 3.05) is 13.7 Å². The van der Waals surface area contributed by atoms with Gasteiger partial charge in [-0.2, -0.15) is 0 Å². The molecule has 7 heteroatoms. The first kappa shape index (κ1) is 19.1. The highest BCUT2D eigenvalue weighted by atomic mass is 19.1. The molecule has 0 aliphatic heterocycles. The summed E-state index contributed by atoms with van der Waals surface area (Å²) in [5.41, 5.74) is 1.09. The first-order valence-corrected chi connectivity index (χ1v) is 7.94. The third-order valence-corrected chi connectivity index (χ3v) is 3.62. The maximum Gasteiger partial charge on any atom is 0.328 e. The first-order chi connectivity index (χ1) is 12.5. The van der Waals surface area contributed by atoms with Crippen LogP contribution in [0.1, 0.15) is 15.9 Å². The average Bonchev–Trinajstić information content (AvgIpc) is 2.66. The summed E-state index contributed by atoms with van der Waals surface area (Å²) < 4.78 is 17.6. The van der Waals surface area contributed by atoms with Crippen LogP contribution in [0.3, 0.4) is 0 Å². The van der Waals surface area contributed by atoms with Crippen LogP contribution in [-0.2, 0) is 20.7 Å². The molecule has 26 heavy (non-hydrogen) atoms. The Bertz CT molecular complexity index is 763. The van der Waals surface area contributed by atoms with Gasteiger partial charge >= 0.3 is 5.97 Å². The van der Waals surface area contributed by atoms with Crippen molar-refractivity contribution in [1.29, 1.82) is 0 Å². The highest BCUT2D eigenvalue weighted by Crippen LogP contribution is 2.05. The fourth-order valence-corrected chi connectivity index (χ4v) is 2.29. The predicted molar refractivity (Wildman–Crippen MR) is 92.8 cm³/mol. The largest absolute Gasteiger partial charge is 0.467 e. The molecule has 2 aromatic rings. The van der Waals surface area contributed by atoms with Gasteiger partial charge in [-0.05, 0) is 29.8 Å². The van der Waals surface area contributed by atoms with E-state index in [1.807, 2.05) is 30.3 Å². The van der Waals surface area contributed by atoms with E-state index < -0.39 is 29.6 Å². The topological polar surface area (TPSA) is 84.5 Å². The molecule has 1 unspecified atom stereocenters. The Morgan fingerprint density at radius 2 is 1.69 bits per heavy atom. The summed E-state index contributed by atoms with van der Waals surface area (Å²) in [7, 11) is 1.24. The smallest absolute Gasteiger partial charge is 0.328 e.